The van der Waals surface area contributed by atoms with Crippen molar-refractivity contribution in [1.82, 2.24) is 0 Å². The first-order valence-electron chi connectivity index (χ1n) is 3.28. The lowest BCUT2D eigenvalue weighted by molar-refractivity contribution is -0.477. The fraction of sp³-hybridized carbons (Fsp3) is 1.00. The number of ether oxygens (including phenoxy) is 1. The maximum atomic E-state index is 8.39. The highest BCUT2D eigenvalue weighted by Crippen LogP contribution is 2.36. The van der Waals surface area contributed by atoms with Gasteiger partial charge in [-0.15, -0.1) is 0 Å². The molecule has 1 N–H and O–H groups in total. The van der Waals surface area contributed by atoms with Gasteiger partial charge in [-0.2, -0.15) is 9.78 Å². The minimum Gasteiger partial charge on any atom is -0.351 e. The first kappa shape index (κ1) is 8.89. The monoisotopic (exact) mass is 164 g/mol. The predicted octanol–water partition coefficient (Wildman–Crippen LogP) is 0.907. The second-order valence-corrected chi connectivity index (χ2v) is 2.91. The van der Waals surface area contributed by atoms with E-state index >= 15 is 0 Å². The number of rotatable bonds is 2. The molecule has 1 heterocycles. The Hall–Kier alpha value is -0.200. The van der Waals surface area contributed by atoms with E-state index in [1.165, 1.54) is 7.11 Å². The van der Waals surface area contributed by atoms with Crippen molar-refractivity contribution in [3.05, 3.63) is 0 Å². The molecule has 1 rings (SSSR count). The van der Waals surface area contributed by atoms with Crippen LogP contribution in [0.4, 0.5) is 0 Å². The van der Waals surface area contributed by atoms with Crippen LogP contribution in [0.25, 0.3) is 0 Å². The minimum atomic E-state index is -1.12. The Morgan fingerprint density at radius 3 is 2.09 bits per heavy atom. The average Bonchev–Trinajstić information content (AvgIpc) is 2.30. The third kappa shape index (κ3) is 1.69. The van der Waals surface area contributed by atoms with Crippen molar-refractivity contribution in [2.24, 2.45) is 0 Å². The summed E-state index contributed by atoms with van der Waals surface area (Å²) in [5.41, 5.74) is 0. The van der Waals surface area contributed by atoms with E-state index in [2.05, 4.69) is 4.89 Å². The predicted molar refractivity (Wildman–Crippen MR) is 34.3 cm³/mol. The Morgan fingerprint density at radius 1 is 1.27 bits per heavy atom. The Bertz CT molecular complexity index is 134. The molecule has 2 atom stereocenters. The van der Waals surface area contributed by atoms with Crippen LogP contribution < -0.4 is 0 Å². The second-order valence-electron chi connectivity index (χ2n) is 2.91. The maximum absolute atomic E-state index is 8.39. The molecule has 0 amide bonds. The Balaban J connectivity index is 2.58. The molecule has 0 aromatic rings. The summed E-state index contributed by atoms with van der Waals surface area (Å²) in [6.07, 6.45) is 0.312. The average molecular weight is 164 g/mol. The van der Waals surface area contributed by atoms with Gasteiger partial charge < -0.3 is 4.74 Å². The zero-order valence-electron chi connectivity index (χ0n) is 6.79. The highest BCUT2D eigenvalue weighted by atomic mass is 17.3. The molecule has 0 radical (unpaired) electrons. The number of methoxy groups -OCH3 is 1. The molecule has 1 aliphatic rings. The zero-order chi connectivity index (χ0) is 8.54. The Kier molecular flexibility index (Phi) is 2.17. The highest BCUT2D eigenvalue weighted by molar-refractivity contribution is 4.75. The molecule has 0 saturated carbocycles. The van der Waals surface area contributed by atoms with E-state index < -0.39 is 11.6 Å². The van der Waals surface area contributed by atoms with Crippen molar-refractivity contribution in [2.45, 2.75) is 31.8 Å². The topological polar surface area (TPSA) is 57.2 Å². The molecule has 0 aliphatic carbocycles. The number of hydrogen-bond acceptors (Lipinski definition) is 5. The van der Waals surface area contributed by atoms with Gasteiger partial charge in [0.25, 0.3) is 0 Å². The zero-order valence-corrected chi connectivity index (χ0v) is 6.79. The smallest absolute Gasteiger partial charge is 0.236 e. The van der Waals surface area contributed by atoms with Crippen molar-refractivity contribution in [3.8, 4) is 0 Å². The van der Waals surface area contributed by atoms with Gasteiger partial charge >= 0.3 is 0 Å². The van der Waals surface area contributed by atoms with Gasteiger partial charge in [-0.3, -0.25) is 0 Å². The standard InChI is InChI=1S/C6H12O5/c1-5(8-3)4-6(2,9-7)11-10-5/h7H,4H2,1-3H3/t5-,6-/m0/s1. The van der Waals surface area contributed by atoms with Crippen LogP contribution in [-0.4, -0.2) is 23.9 Å². The summed E-state index contributed by atoms with van der Waals surface area (Å²) in [5, 5.41) is 8.39. The largest absolute Gasteiger partial charge is 0.351 e. The van der Waals surface area contributed by atoms with Crippen molar-refractivity contribution >= 4 is 0 Å². The van der Waals surface area contributed by atoms with E-state index in [1.54, 1.807) is 13.8 Å². The van der Waals surface area contributed by atoms with Crippen molar-refractivity contribution < 1.29 is 24.7 Å². The lowest BCUT2D eigenvalue weighted by Gasteiger charge is -2.18. The lowest BCUT2D eigenvalue weighted by Crippen LogP contribution is -2.31. The molecule has 0 unspecified atom stereocenters. The molecular weight excluding hydrogens is 152 g/mol. The molecule has 0 bridgehead atoms. The molecule has 11 heavy (non-hydrogen) atoms. The summed E-state index contributed by atoms with van der Waals surface area (Å²) in [6, 6.07) is 0. The maximum Gasteiger partial charge on any atom is 0.236 e. The summed E-state index contributed by atoms with van der Waals surface area (Å²) >= 11 is 0. The van der Waals surface area contributed by atoms with Crippen molar-refractivity contribution in [1.29, 1.82) is 0 Å². The third-order valence-corrected chi connectivity index (χ3v) is 1.66. The summed E-state index contributed by atoms with van der Waals surface area (Å²) < 4.78 is 4.96. The van der Waals surface area contributed by atoms with Crippen LogP contribution in [0, 0.1) is 0 Å². The third-order valence-electron chi connectivity index (χ3n) is 1.66. The fourth-order valence-corrected chi connectivity index (χ4v) is 0.972. The van der Waals surface area contributed by atoms with Gasteiger partial charge in [0.1, 0.15) is 0 Å². The molecule has 5 nitrogen and oxygen atoms in total. The van der Waals surface area contributed by atoms with Gasteiger partial charge in [0.05, 0.1) is 6.42 Å². The summed E-state index contributed by atoms with van der Waals surface area (Å²) in [5.74, 6) is -1.96. The van der Waals surface area contributed by atoms with Crippen LogP contribution in [0.3, 0.4) is 0 Å². The molecule has 1 aliphatic heterocycles. The van der Waals surface area contributed by atoms with Crippen LogP contribution in [-0.2, 0) is 19.4 Å². The molecule has 0 spiro atoms. The molecule has 66 valence electrons. The molecule has 5 heteroatoms. The Labute approximate surface area is 64.7 Å². The second kappa shape index (κ2) is 2.69. The van der Waals surface area contributed by atoms with Crippen LogP contribution in [0.15, 0.2) is 0 Å². The molecule has 0 aromatic heterocycles. The van der Waals surface area contributed by atoms with Gasteiger partial charge in [-0.1, -0.05) is 0 Å². The van der Waals surface area contributed by atoms with Gasteiger partial charge in [-0.05, 0) is 13.8 Å². The summed E-state index contributed by atoms with van der Waals surface area (Å²) in [4.78, 5) is 13.6. The van der Waals surface area contributed by atoms with Crippen LogP contribution >= 0.6 is 0 Å². The van der Waals surface area contributed by atoms with Crippen LogP contribution in [0.2, 0.25) is 0 Å². The van der Waals surface area contributed by atoms with Crippen molar-refractivity contribution in [3.63, 3.8) is 0 Å². The van der Waals surface area contributed by atoms with E-state index in [1.807, 2.05) is 0 Å². The molecular formula is C6H12O5. The van der Waals surface area contributed by atoms with Gasteiger partial charge in [0.15, 0.2) is 0 Å². The minimum absolute atomic E-state index is 0.312. The van der Waals surface area contributed by atoms with E-state index in [9.17, 15) is 0 Å². The summed E-state index contributed by atoms with van der Waals surface area (Å²) in [6.45, 7) is 3.24. The molecule has 1 fully saturated rings. The van der Waals surface area contributed by atoms with E-state index in [0.717, 1.165) is 0 Å². The van der Waals surface area contributed by atoms with Crippen LogP contribution in [0.5, 0.6) is 0 Å². The quantitative estimate of drug-likeness (QED) is 0.485. The van der Waals surface area contributed by atoms with Crippen molar-refractivity contribution in [2.75, 3.05) is 7.11 Å². The van der Waals surface area contributed by atoms with E-state index in [0.29, 0.717) is 6.42 Å². The lowest BCUT2D eigenvalue weighted by atomic mass is 10.1. The van der Waals surface area contributed by atoms with E-state index in [-0.39, 0.29) is 0 Å². The summed E-state index contributed by atoms with van der Waals surface area (Å²) in [7, 11) is 1.49. The molecule has 1 saturated heterocycles. The number of hydrogen-bond donors (Lipinski definition) is 1. The van der Waals surface area contributed by atoms with Gasteiger partial charge in [0.2, 0.25) is 11.6 Å². The van der Waals surface area contributed by atoms with Gasteiger partial charge in [0, 0.05) is 7.11 Å². The highest BCUT2D eigenvalue weighted by Gasteiger charge is 2.48. The fourth-order valence-electron chi connectivity index (χ4n) is 0.972. The molecule has 0 aromatic carbocycles. The van der Waals surface area contributed by atoms with E-state index in [4.69, 9.17) is 19.8 Å². The van der Waals surface area contributed by atoms with Gasteiger partial charge in [-0.25, -0.2) is 10.1 Å². The SMILES string of the molecule is CO[C@]1(C)C[C@@](C)(OO)OO1. The Morgan fingerprint density at radius 2 is 1.82 bits per heavy atom. The normalized spacial score (nSPS) is 44.7. The first-order chi connectivity index (χ1) is 5.04. The van der Waals surface area contributed by atoms with Crippen LogP contribution in [0.1, 0.15) is 20.3 Å². The first-order valence-corrected chi connectivity index (χ1v) is 3.28.